The fourth-order valence-corrected chi connectivity index (χ4v) is 1.15. The Bertz CT molecular complexity index is 506. The highest BCUT2D eigenvalue weighted by Gasteiger charge is 2.15. The van der Waals surface area contributed by atoms with Gasteiger partial charge in [0.25, 0.3) is 5.91 Å². The molecule has 0 radical (unpaired) electrons. The second kappa shape index (κ2) is 3.97. The van der Waals surface area contributed by atoms with E-state index >= 15 is 0 Å². The highest BCUT2D eigenvalue weighted by Crippen LogP contribution is 2.13. The Hall–Kier alpha value is -2.44. The average molecular weight is 218 g/mol. The van der Waals surface area contributed by atoms with Crippen molar-refractivity contribution >= 4 is 17.4 Å². The number of nitrogen functional groups attached to an aromatic ring is 1. The molecule has 0 saturated heterocycles. The summed E-state index contributed by atoms with van der Waals surface area (Å²) in [5.41, 5.74) is 6.81. The molecule has 0 fully saturated rings. The third-order valence-electron chi connectivity index (χ3n) is 2.01. The van der Waals surface area contributed by atoms with E-state index in [2.05, 4.69) is 25.5 Å². The van der Waals surface area contributed by atoms with Gasteiger partial charge in [0.1, 0.15) is 0 Å². The van der Waals surface area contributed by atoms with E-state index in [0.29, 0.717) is 17.2 Å². The van der Waals surface area contributed by atoms with Crippen molar-refractivity contribution in [2.24, 2.45) is 0 Å². The van der Waals surface area contributed by atoms with Crippen LogP contribution < -0.4 is 11.1 Å². The van der Waals surface area contributed by atoms with Gasteiger partial charge >= 0.3 is 0 Å². The summed E-state index contributed by atoms with van der Waals surface area (Å²) in [4.78, 5) is 19.4. The smallest absolute Gasteiger partial charge is 0.279 e. The summed E-state index contributed by atoms with van der Waals surface area (Å²) in [6, 6.07) is 0. The zero-order valence-electron chi connectivity index (χ0n) is 8.56. The molecule has 0 bridgehead atoms. The van der Waals surface area contributed by atoms with Crippen LogP contribution in [0.4, 0.5) is 11.5 Å². The zero-order valence-corrected chi connectivity index (χ0v) is 8.56. The minimum atomic E-state index is -0.414. The van der Waals surface area contributed by atoms with E-state index in [1.165, 1.54) is 18.6 Å². The number of aryl methyl sites for hydroxylation is 1. The summed E-state index contributed by atoms with van der Waals surface area (Å²) in [6.45, 7) is 1.74. The molecule has 0 saturated carbocycles. The Morgan fingerprint density at radius 3 is 2.88 bits per heavy atom. The molecule has 0 atom stereocenters. The molecule has 0 aromatic carbocycles. The predicted molar refractivity (Wildman–Crippen MR) is 57.7 cm³/mol. The lowest BCUT2D eigenvalue weighted by Gasteiger charge is -2.01. The highest BCUT2D eigenvalue weighted by atomic mass is 16.2. The quantitative estimate of drug-likeness (QED) is 0.673. The first-order valence-corrected chi connectivity index (χ1v) is 4.56. The molecule has 2 heterocycles. The summed E-state index contributed by atoms with van der Waals surface area (Å²) >= 11 is 0. The fraction of sp³-hybridized carbons (Fsp3) is 0.111. The summed E-state index contributed by atoms with van der Waals surface area (Å²) in [6.07, 6.45) is 4.44. The average Bonchev–Trinajstić information content (AvgIpc) is 2.61. The van der Waals surface area contributed by atoms with Gasteiger partial charge in [0.2, 0.25) is 0 Å². The number of carbonyl (C=O) groups is 1. The number of hydrogen-bond acceptors (Lipinski definition) is 5. The number of aromatic amines is 1. The summed E-state index contributed by atoms with van der Waals surface area (Å²) < 4.78 is 0. The van der Waals surface area contributed by atoms with E-state index in [1.54, 1.807) is 6.92 Å². The van der Waals surface area contributed by atoms with Gasteiger partial charge in [-0.15, -0.1) is 0 Å². The molecule has 7 heteroatoms. The van der Waals surface area contributed by atoms with Gasteiger partial charge in [0, 0.05) is 12.4 Å². The van der Waals surface area contributed by atoms with E-state index < -0.39 is 5.91 Å². The van der Waals surface area contributed by atoms with Gasteiger partial charge in [-0.3, -0.25) is 14.9 Å². The molecule has 4 N–H and O–H groups in total. The van der Waals surface area contributed by atoms with E-state index in [4.69, 9.17) is 5.73 Å². The minimum Gasteiger partial charge on any atom is -0.395 e. The van der Waals surface area contributed by atoms with Crippen LogP contribution in [-0.4, -0.2) is 26.1 Å². The lowest BCUT2D eigenvalue weighted by Crippen LogP contribution is -2.15. The normalized spacial score (nSPS) is 10.1. The first-order chi connectivity index (χ1) is 7.68. The van der Waals surface area contributed by atoms with Crippen LogP contribution in [0, 0.1) is 6.92 Å². The van der Waals surface area contributed by atoms with E-state index in [-0.39, 0.29) is 5.69 Å². The Kier molecular flexibility index (Phi) is 2.50. The second-order valence-electron chi connectivity index (χ2n) is 3.16. The third kappa shape index (κ3) is 1.83. The number of hydrogen-bond donors (Lipinski definition) is 3. The number of nitrogens with one attached hydrogen (secondary N) is 2. The number of H-pyrrole nitrogens is 1. The van der Waals surface area contributed by atoms with Crippen molar-refractivity contribution < 1.29 is 4.79 Å². The Morgan fingerprint density at radius 2 is 2.31 bits per heavy atom. The SMILES string of the molecule is Cc1[nH]nc(C(=O)Nc2cnccn2)c1N. The number of rotatable bonds is 2. The van der Waals surface area contributed by atoms with Crippen LogP contribution in [0.25, 0.3) is 0 Å². The molecule has 0 unspecified atom stereocenters. The molecule has 2 aromatic rings. The van der Waals surface area contributed by atoms with Gasteiger partial charge in [0.15, 0.2) is 11.5 Å². The molecule has 0 aliphatic heterocycles. The van der Waals surface area contributed by atoms with Gasteiger partial charge in [0.05, 0.1) is 17.6 Å². The lowest BCUT2D eigenvalue weighted by molar-refractivity contribution is 0.102. The number of nitrogens with zero attached hydrogens (tertiary/aromatic N) is 3. The largest absolute Gasteiger partial charge is 0.395 e. The van der Waals surface area contributed by atoms with Gasteiger partial charge in [-0.05, 0) is 6.92 Å². The molecule has 1 amide bonds. The van der Waals surface area contributed by atoms with Crippen LogP contribution in [0.5, 0.6) is 0 Å². The van der Waals surface area contributed by atoms with Crippen LogP contribution in [0.3, 0.4) is 0 Å². The van der Waals surface area contributed by atoms with Crippen LogP contribution >= 0.6 is 0 Å². The van der Waals surface area contributed by atoms with Crippen LogP contribution in [0.1, 0.15) is 16.2 Å². The van der Waals surface area contributed by atoms with Crippen molar-refractivity contribution in [3.8, 4) is 0 Å². The molecule has 82 valence electrons. The fourth-order valence-electron chi connectivity index (χ4n) is 1.15. The van der Waals surface area contributed by atoms with Crippen molar-refractivity contribution in [1.82, 2.24) is 20.2 Å². The standard InChI is InChI=1S/C9H10N6O/c1-5-7(10)8(15-14-5)9(16)13-6-4-11-2-3-12-6/h2-4H,10H2,1H3,(H,14,15)(H,12,13,16). The van der Waals surface area contributed by atoms with E-state index in [1.807, 2.05) is 0 Å². The predicted octanol–water partition coefficient (Wildman–Crippen LogP) is 0.343. The summed E-state index contributed by atoms with van der Waals surface area (Å²) in [5, 5.41) is 8.97. The van der Waals surface area contributed by atoms with Crippen molar-refractivity contribution in [2.75, 3.05) is 11.1 Å². The van der Waals surface area contributed by atoms with Crippen LogP contribution in [0.15, 0.2) is 18.6 Å². The number of carbonyl (C=O) groups excluding carboxylic acids is 1. The molecule has 16 heavy (non-hydrogen) atoms. The zero-order chi connectivity index (χ0) is 11.5. The number of aromatic nitrogens is 4. The molecular formula is C9H10N6O. The van der Waals surface area contributed by atoms with Crippen LogP contribution in [-0.2, 0) is 0 Å². The molecule has 0 aliphatic carbocycles. The number of amides is 1. The van der Waals surface area contributed by atoms with Crippen molar-refractivity contribution in [3.05, 3.63) is 30.0 Å². The van der Waals surface area contributed by atoms with Crippen LogP contribution in [0.2, 0.25) is 0 Å². The summed E-state index contributed by atoms with van der Waals surface area (Å²) in [7, 11) is 0. The van der Waals surface area contributed by atoms with Gasteiger partial charge in [-0.1, -0.05) is 0 Å². The molecular weight excluding hydrogens is 208 g/mol. The Morgan fingerprint density at radius 1 is 1.50 bits per heavy atom. The van der Waals surface area contributed by atoms with Crippen molar-refractivity contribution in [2.45, 2.75) is 6.92 Å². The number of nitrogens with two attached hydrogens (primary N) is 1. The highest BCUT2D eigenvalue weighted by molar-refractivity contribution is 6.05. The molecule has 0 spiro atoms. The second-order valence-corrected chi connectivity index (χ2v) is 3.16. The van der Waals surface area contributed by atoms with Crippen molar-refractivity contribution in [1.29, 1.82) is 0 Å². The van der Waals surface area contributed by atoms with E-state index in [0.717, 1.165) is 0 Å². The topological polar surface area (TPSA) is 110 Å². The van der Waals surface area contributed by atoms with Gasteiger partial charge < -0.3 is 11.1 Å². The Balaban J connectivity index is 2.18. The molecule has 7 nitrogen and oxygen atoms in total. The van der Waals surface area contributed by atoms with Gasteiger partial charge in [-0.2, -0.15) is 5.10 Å². The maximum Gasteiger partial charge on any atom is 0.279 e. The summed E-state index contributed by atoms with van der Waals surface area (Å²) in [5.74, 6) is -0.0603. The lowest BCUT2D eigenvalue weighted by atomic mass is 10.3. The van der Waals surface area contributed by atoms with Crippen molar-refractivity contribution in [3.63, 3.8) is 0 Å². The number of anilines is 2. The first-order valence-electron chi connectivity index (χ1n) is 4.56. The monoisotopic (exact) mass is 218 g/mol. The molecule has 2 aromatic heterocycles. The third-order valence-corrected chi connectivity index (χ3v) is 2.01. The molecule has 0 aliphatic rings. The minimum absolute atomic E-state index is 0.156. The Labute approximate surface area is 91.1 Å². The van der Waals surface area contributed by atoms with Gasteiger partial charge in [-0.25, -0.2) is 4.98 Å². The van der Waals surface area contributed by atoms with E-state index in [9.17, 15) is 4.79 Å². The molecule has 2 rings (SSSR count). The maximum absolute atomic E-state index is 11.7. The first kappa shape index (κ1) is 10.1. The maximum atomic E-state index is 11.7.